The van der Waals surface area contributed by atoms with Crippen LogP contribution in [0.2, 0.25) is 0 Å². The molecule has 1 aliphatic carbocycles. The van der Waals surface area contributed by atoms with Crippen LogP contribution < -0.4 is 10.6 Å². The van der Waals surface area contributed by atoms with Crippen molar-refractivity contribution in [3.05, 3.63) is 23.8 Å². The number of carbonyl (C=O) groups is 1. The zero-order valence-corrected chi connectivity index (χ0v) is 17.5. The molecule has 0 radical (unpaired) electrons. The minimum Gasteiger partial charge on any atom is -0.393 e. The number of likely N-dealkylation sites (N-methyl/N-ethyl adjacent to an activating group) is 1. The SMILES string of the molecule is CN(C(=O)Cn1c(N2CC[C@@H](F)[C@H](N)C2)nc2cc(F)c(F)cc21)[C@H]1CC[C@H](O)CC1. The van der Waals surface area contributed by atoms with Crippen LogP contribution in [-0.2, 0) is 11.3 Å². The number of halogens is 3. The Balaban J connectivity index is 1.64. The highest BCUT2D eigenvalue weighted by atomic mass is 19.2. The summed E-state index contributed by atoms with van der Waals surface area (Å²) in [7, 11) is 1.72. The Bertz CT molecular complexity index is 960. The summed E-state index contributed by atoms with van der Waals surface area (Å²) in [6, 6.07) is 1.35. The van der Waals surface area contributed by atoms with Crippen molar-refractivity contribution in [2.75, 3.05) is 25.0 Å². The third-order valence-electron chi connectivity index (χ3n) is 6.52. The van der Waals surface area contributed by atoms with Gasteiger partial charge in [0.2, 0.25) is 11.9 Å². The molecule has 1 aromatic carbocycles. The summed E-state index contributed by atoms with van der Waals surface area (Å²) in [5.41, 5.74) is 6.41. The highest BCUT2D eigenvalue weighted by molar-refractivity contribution is 5.83. The van der Waals surface area contributed by atoms with Crippen LogP contribution in [0.25, 0.3) is 11.0 Å². The van der Waals surface area contributed by atoms with E-state index in [0.717, 1.165) is 12.1 Å². The Morgan fingerprint density at radius 3 is 2.58 bits per heavy atom. The van der Waals surface area contributed by atoms with E-state index >= 15 is 0 Å². The molecule has 2 fully saturated rings. The Morgan fingerprint density at radius 1 is 1.23 bits per heavy atom. The molecule has 1 aromatic heterocycles. The van der Waals surface area contributed by atoms with Gasteiger partial charge in [0.15, 0.2) is 11.6 Å². The second kappa shape index (κ2) is 8.66. The van der Waals surface area contributed by atoms with E-state index in [9.17, 15) is 23.1 Å². The number of hydrogen-bond acceptors (Lipinski definition) is 5. The number of nitrogens with two attached hydrogens (primary N) is 1. The van der Waals surface area contributed by atoms with E-state index in [2.05, 4.69) is 4.98 Å². The van der Waals surface area contributed by atoms with Crippen LogP contribution in [0.4, 0.5) is 19.1 Å². The number of imidazole rings is 1. The van der Waals surface area contributed by atoms with E-state index in [-0.39, 0.29) is 43.1 Å². The summed E-state index contributed by atoms with van der Waals surface area (Å²) in [5.74, 6) is -1.90. The molecule has 170 valence electrons. The van der Waals surface area contributed by atoms with E-state index in [1.54, 1.807) is 21.4 Å². The average molecular weight is 439 g/mol. The van der Waals surface area contributed by atoms with Crippen molar-refractivity contribution < 1.29 is 23.1 Å². The zero-order chi connectivity index (χ0) is 22.3. The molecule has 31 heavy (non-hydrogen) atoms. The number of benzene rings is 1. The molecule has 0 spiro atoms. The minimum atomic E-state index is -1.13. The smallest absolute Gasteiger partial charge is 0.242 e. The van der Waals surface area contributed by atoms with Crippen LogP contribution in [0, 0.1) is 11.6 Å². The first-order valence-corrected chi connectivity index (χ1v) is 10.7. The van der Waals surface area contributed by atoms with Crippen molar-refractivity contribution in [2.45, 2.75) is 63.0 Å². The van der Waals surface area contributed by atoms with Gasteiger partial charge in [-0.2, -0.15) is 0 Å². The Labute approximate surface area is 178 Å². The van der Waals surface area contributed by atoms with Crippen molar-refractivity contribution in [1.29, 1.82) is 0 Å². The fourth-order valence-corrected chi connectivity index (χ4v) is 4.54. The fraction of sp³-hybridized carbons (Fsp3) is 0.619. The molecule has 2 heterocycles. The number of aliphatic hydroxyl groups is 1. The van der Waals surface area contributed by atoms with Crippen molar-refractivity contribution in [2.24, 2.45) is 5.73 Å². The Hall–Kier alpha value is -2.33. The summed E-state index contributed by atoms with van der Waals surface area (Å²) >= 11 is 0. The van der Waals surface area contributed by atoms with Gasteiger partial charge >= 0.3 is 0 Å². The first-order chi connectivity index (χ1) is 14.7. The highest BCUT2D eigenvalue weighted by Crippen LogP contribution is 2.28. The van der Waals surface area contributed by atoms with Gasteiger partial charge in [-0.1, -0.05) is 0 Å². The molecule has 1 aliphatic heterocycles. The molecule has 3 N–H and O–H groups in total. The lowest BCUT2D eigenvalue weighted by Crippen LogP contribution is -2.50. The molecule has 1 saturated heterocycles. The number of anilines is 1. The van der Waals surface area contributed by atoms with Gasteiger partial charge in [-0.25, -0.2) is 18.2 Å². The molecule has 2 aliphatic rings. The maximum absolute atomic E-state index is 14.0. The van der Waals surface area contributed by atoms with Gasteiger partial charge in [0, 0.05) is 38.3 Å². The number of hydrogen-bond donors (Lipinski definition) is 2. The molecular formula is C21H28F3N5O2. The van der Waals surface area contributed by atoms with Gasteiger partial charge in [0.05, 0.1) is 23.2 Å². The van der Waals surface area contributed by atoms with Crippen LogP contribution >= 0.6 is 0 Å². The second-order valence-corrected chi connectivity index (χ2v) is 8.63. The van der Waals surface area contributed by atoms with Gasteiger partial charge < -0.3 is 25.2 Å². The predicted molar refractivity (Wildman–Crippen MR) is 110 cm³/mol. The van der Waals surface area contributed by atoms with E-state index in [4.69, 9.17) is 5.73 Å². The lowest BCUT2D eigenvalue weighted by Gasteiger charge is -2.35. The third kappa shape index (κ3) is 4.36. The Morgan fingerprint density at radius 2 is 1.90 bits per heavy atom. The van der Waals surface area contributed by atoms with Crippen LogP contribution in [0.15, 0.2) is 12.1 Å². The number of nitrogens with zero attached hydrogens (tertiary/aromatic N) is 4. The topological polar surface area (TPSA) is 87.6 Å². The van der Waals surface area contributed by atoms with E-state index in [1.807, 2.05) is 0 Å². The molecule has 10 heteroatoms. The summed E-state index contributed by atoms with van der Waals surface area (Å²) in [5, 5.41) is 9.72. The monoisotopic (exact) mass is 439 g/mol. The van der Waals surface area contributed by atoms with Gasteiger partial charge in [-0.3, -0.25) is 4.79 Å². The molecular weight excluding hydrogens is 411 g/mol. The number of amides is 1. The average Bonchev–Trinajstić information content (AvgIpc) is 3.07. The van der Waals surface area contributed by atoms with Crippen molar-refractivity contribution >= 4 is 22.9 Å². The molecule has 1 amide bonds. The van der Waals surface area contributed by atoms with E-state index in [1.165, 1.54) is 0 Å². The van der Waals surface area contributed by atoms with Crippen LogP contribution in [-0.4, -0.2) is 70.0 Å². The van der Waals surface area contributed by atoms with E-state index < -0.39 is 23.8 Å². The standard InChI is InChI=1S/C21H28F3N5O2/c1-27(12-2-4-13(30)5-3-12)20(31)11-29-19-9-16(24)15(23)8-18(19)26-21(29)28-7-6-14(22)17(25)10-28/h8-9,12-14,17,30H,2-7,10-11,25H2,1H3/t12-,13-,14-,17-/m1/s1. The summed E-state index contributed by atoms with van der Waals surface area (Å²) in [6.07, 6.45) is 1.46. The highest BCUT2D eigenvalue weighted by Gasteiger charge is 2.31. The predicted octanol–water partition coefficient (Wildman–Crippen LogP) is 1.95. The van der Waals surface area contributed by atoms with E-state index in [0.29, 0.717) is 43.7 Å². The number of fused-ring (bicyclic) bond motifs is 1. The van der Waals surface area contributed by atoms with Crippen LogP contribution in [0.5, 0.6) is 0 Å². The lowest BCUT2D eigenvalue weighted by atomic mass is 9.92. The van der Waals surface area contributed by atoms with Crippen molar-refractivity contribution in [3.63, 3.8) is 0 Å². The maximum Gasteiger partial charge on any atom is 0.242 e. The number of carbonyl (C=O) groups excluding carboxylic acids is 1. The zero-order valence-electron chi connectivity index (χ0n) is 17.5. The second-order valence-electron chi connectivity index (χ2n) is 8.63. The van der Waals surface area contributed by atoms with Crippen LogP contribution in [0.1, 0.15) is 32.1 Å². The van der Waals surface area contributed by atoms with Gasteiger partial charge in [-0.05, 0) is 32.1 Å². The van der Waals surface area contributed by atoms with Gasteiger partial charge in [0.1, 0.15) is 12.7 Å². The fourth-order valence-electron chi connectivity index (χ4n) is 4.54. The quantitative estimate of drug-likeness (QED) is 0.761. The molecule has 0 unspecified atom stereocenters. The number of piperidine rings is 1. The molecule has 4 rings (SSSR count). The summed E-state index contributed by atoms with van der Waals surface area (Å²) < 4.78 is 43.2. The molecule has 7 nitrogen and oxygen atoms in total. The van der Waals surface area contributed by atoms with Crippen molar-refractivity contribution in [1.82, 2.24) is 14.5 Å². The largest absolute Gasteiger partial charge is 0.393 e. The van der Waals surface area contributed by atoms with Gasteiger partial charge in [-0.15, -0.1) is 0 Å². The van der Waals surface area contributed by atoms with Gasteiger partial charge in [0.25, 0.3) is 0 Å². The number of aromatic nitrogens is 2. The number of rotatable bonds is 4. The summed E-state index contributed by atoms with van der Waals surface area (Å²) in [6.45, 7) is 0.422. The minimum absolute atomic E-state index is 0.0130. The normalized spacial score (nSPS) is 27.0. The molecule has 2 aromatic rings. The third-order valence-corrected chi connectivity index (χ3v) is 6.52. The molecule has 0 bridgehead atoms. The molecule has 1 saturated carbocycles. The van der Waals surface area contributed by atoms with Crippen LogP contribution in [0.3, 0.4) is 0 Å². The summed E-state index contributed by atoms with van der Waals surface area (Å²) in [4.78, 5) is 20.9. The first-order valence-electron chi connectivity index (χ1n) is 10.7. The number of aliphatic hydroxyl groups excluding tert-OH is 1. The molecule has 2 atom stereocenters. The number of alkyl halides is 1. The Kier molecular flexibility index (Phi) is 6.11. The lowest BCUT2D eigenvalue weighted by molar-refractivity contribution is -0.133. The van der Waals surface area contributed by atoms with Crippen molar-refractivity contribution in [3.8, 4) is 0 Å². The first kappa shape index (κ1) is 21.9. The maximum atomic E-state index is 14.0.